The molecule has 102 valence electrons. The molecule has 5 nitrogen and oxygen atoms in total. The molecule has 0 atom stereocenters. The number of aryl methyl sites for hydroxylation is 3. The van der Waals surface area contributed by atoms with Crippen molar-refractivity contribution in [3.63, 3.8) is 0 Å². The SMILES string of the molecule is COc1c(CNc2c(C)ccnc2Cl)c(C)nn1C. The first-order valence-electron chi connectivity index (χ1n) is 5.96. The maximum absolute atomic E-state index is 6.09. The summed E-state index contributed by atoms with van der Waals surface area (Å²) in [5.74, 6) is 0.752. The zero-order chi connectivity index (χ0) is 14.0. The molecule has 0 spiro atoms. The summed E-state index contributed by atoms with van der Waals surface area (Å²) in [6, 6.07) is 1.92. The van der Waals surface area contributed by atoms with Crippen LogP contribution in [-0.2, 0) is 13.6 Å². The van der Waals surface area contributed by atoms with Crippen molar-refractivity contribution in [3.8, 4) is 5.88 Å². The van der Waals surface area contributed by atoms with Crippen molar-refractivity contribution in [3.05, 3.63) is 34.2 Å². The number of hydrogen-bond acceptors (Lipinski definition) is 4. The normalized spacial score (nSPS) is 10.6. The van der Waals surface area contributed by atoms with Gasteiger partial charge in [0.2, 0.25) is 5.88 Å². The van der Waals surface area contributed by atoms with Crippen LogP contribution in [0.4, 0.5) is 5.69 Å². The van der Waals surface area contributed by atoms with Crippen molar-refractivity contribution in [2.75, 3.05) is 12.4 Å². The Morgan fingerprint density at radius 2 is 2.16 bits per heavy atom. The van der Waals surface area contributed by atoms with Crippen LogP contribution < -0.4 is 10.1 Å². The number of methoxy groups -OCH3 is 1. The maximum atomic E-state index is 6.09. The molecule has 2 aromatic rings. The molecule has 2 aromatic heterocycles. The van der Waals surface area contributed by atoms with Gasteiger partial charge in [-0.3, -0.25) is 0 Å². The lowest BCUT2D eigenvalue weighted by molar-refractivity contribution is 0.370. The summed E-state index contributed by atoms with van der Waals surface area (Å²) in [7, 11) is 3.50. The van der Waals surface area contributed by atoms with Crippen LogP contribution in [0.2, 0.25) is 5.15 Å². The molecular weight excluding hydrogens is 264 g/mol. The van der Waals surface area contributed by atoms with E-state index in [9.17, 15) is 0 Å². The van der Waals surface area contributed by atoms with Gasteiger partial charge in [0.25, 0.3) is 0 Å². The minimum absolute atomic E-state index is 0.473. The molecule has 0 amide bonds. The number of aromatic nitrogens is 3. The summed E-state index contributed by atoms with van der Waals surface area (Å²) in [4.78, 5) is 4.07. The Morgan fingerprint density at radius 1 is 1.42 bits per heavy atom. The molecule has 19 heavy (non-hydrogen) atoms. The minimum atomic E-state index is 0.473. The smallest absolute Gasteiger partial charge is 0.216 e. The highest BCUT2D eigenvalue weighted by molar-refractivity contribution is 6.32. The number of anilines is 1. The van der Waals surface area contributed by atoms with E-state index in [1.807, 2.05) is 27.0 Å². The van der Waals surface area contributed by atoms with Gasteiger partial charge in [-0.15, -0.1) is 0 Å². The van der Waals surface area contributed by atoms with Gasteiger partial charge in [-0.25, -0.2) is 9.67 Å². The van der Waals surface area contributed by atoms with Crippen molar-refractivity contribution >= 4 is 17.3 Å². The van der Waals surface area contributed by atoms with Gasteiger partial charge in [0.05, 0.1) is 24.1 Å². The Bertz CT molecular complexity index is 574. The van der Waals surface area contributed by atoms with Gasteiger partial charge in [0, 0.05) is 19.8 Å². The number of nitrogens with one attached hydrogen (secondary N) is 1. The van der Waals surface area contributed by atoms with Crippen molar-refractivity contribution in [1.82, 2.24) is 14.8 Å². The van der Waals surface area contributed by atoms with Crippen LogP contribution in [0.1, 0.15) is 16.8 Å². The third-order valence-corrected chi connectivity index (χ3v) is 3.32. The molecule has 0 aliphatic rings. The Balaban J connectivity index is 2.24. The molecule has 0 bridgehead atoms. The van der Waals surface area contributed by atoms with Gasteiger partial charge in [0.15, 0.2) is 5.15 Å². The molecule has 6 heteroatoms. The first-order chi connectivity index (χ1) is 9.04. The zero-order valence-electron chi connectivity index (χ0n) is 11.5. The zero-order valence-corrected chi connectivity index (χ0v) is 12.2. The molecule has 0 saturated carbocycles. The lowest BCUT2D eigenvalue weighted by Crippen LogP contribution is -2.05. The highest BCUT2D eigenvalue weighted by Gasteiger charge is 2.14. The number of ether oxygens (including phenoxy) is 1. The van der Waals surface area contributed by atoms with E-state index >= 15 is 0 Å². The summed E-state index contributed by atoms with van der Waals surface area (Å²) in [5, 5.41) is 8.11. The first kappa shape index (κ1) is 13.7. The molecular formula is C13H17ClN4O. The molecule has 0 aliphatic heterocycles. The molecule has 0 radical (unpaired) electrons. The van der Waals surface area contributed by atoms with Gasteiger partial charge in [0.1, 0.15) is 0 Å². The quantitative estimate of drug-likeness (QED) is 0.875. The summed E-state index contributed by atoms with van der Waals surface area (Å²) in [6.07, 6.45) is 1.69. The molecule has 0 fully saturated rings. The van der Waals surface area contributed by atoms with Crippen molar-refractivity contribution < 1.29 is 4.74 Å². The Hall–Kier alpha value is -1.75. The number of pyridine rings is 1. The average Bonchev–Trinajstić information content (AvgIpc) is 2.63. The lowest BCUT2D eigenvalue weighted by Gasteiger charge is -2.11. The van der Waals surface area contributed by atoms with E-state index in [1.54, 1.807) is 18.0 Å². The van der Waals surface area contributed by atoms with Gasteiger partial charge in [-0.05, 0) is 25.5 Å². The third kappa shape index (κ3) is 2.66. The average molecular weight is 281 g/mol. The van der Waals surface area contributed by atoms with Crippen LogP contribution in [0.5, 0.6) is 5.88 Å². The van der Waals surface area contributed by atoms with Gasteiger partial charge in [-0.1, -0.05) is 11.6 Å². The maximum Gasteiger partial charge on any atom is 0.216 e. The summed E-state index contributed by atoms with van der Waals surface area (Å²) in [6.45, 7) is 4.54. The van der Waals surface area contributed by atoms with Crippen LogP contribution >= 0.6 is 11.6 Å². The Morgan fingerprint density at radius 3 is 2.79 bits per heavy atom. The molecule has 1 N–H and O–H groups in total. The first-order valence-corrected chi connectivity index (χ1v) is 6.33. The van der Waals surface area contributed by atoms with Crippen molar-refractivity contribution in [1.29, 1.82) is 0 Å². The second-order valence-electron chi connectivity index (χ2n) is 4.34. The highest BCUT2D eigenvalue weighted by Crippen LogP contribution is 2.26. The Kier molecular flexibility index (Phi) is 3.95. The van der Waals surface area contributed by atoms with E-state index in [1.165, 1.54) is 0 Å². The molecule has 2 rings (SSSR count). The van der Waals surface area contributed by atoms with E-state index in [4.69, 9.17) is 16.3 Å². The van der Waals surface area contributed by atoms with E-state index < -0.39 is 0 Å². The van der Waals surface area contributed by atoms with Crippen LogP contribution in [0.15, 0.2) is 12.3 Å². The van der Waals surface area contributed by atoms with Crippen LogP contribution in [-0.4, -0.2) is 21.9 Å². The minimum Gasteiger partial charge on any atom is -0.481 e. The number of halogens is 1. The van der Waals surface area contributed by atoms with Gasteiger partial charge in [-0.2, -0.15) is 5.10 Å². The van der Waals surface area contributed by atoms with Crippen LogP contribution in [0.3, 0.4) is 0 Å². The monoisotopic (exact) mass is 280 g/mol. The summed E-state index contributed by atoms with van der Waals surface area (Å²) >= 11 is 6.09. The van der Waals surface area contributed by atoms with Crippen molar-refractivity contribution in [2.45, 2.75) is 20.4 Å². The predicted octanol–water partition coefficient (Wildman–Crippen LogP) is 2.71. The molecule has 0 saturated heterocycles. The standard InChI is InChI=1S/C13H17ClN4O/c1-8-5-6-15-12(14)11(8)16-7-10-9(2)17-18(3)13(10)19-4/h5-6,16H,7H2,1-4H3. The molecule has 0 aromatic carbocycles. The Labute approximate surface area is 117 Å². The molecule has 0 aliphatic carbocycles. The topological polar surface area (TPSA) is 52.0 Å². The fourth-order valence-corrected chi connectivity index (χ4v) is 2.33. The van der Waals surface area contributed by atoms with Crippen LogP contribution in [0, 0.1) is 13.8 Å². The fraction of sp³-hybridized carbons (Fsp3) is 0.385. The second-order valence-corrected chi connectivity index (χ2v) is 4.70. The van der Waals surface area contributed by atoms with Crippen LogP contribution in [0.25, 0.3) is 0 Å². The highest BCUT2D eigenvalue weighted by atomic mass is 35.5. The number of nitrogens with zero attached hydrogens (tertiary/aromatic N) is 3. The number of rotatable bonds is 4. The van der Waals surface area contributed by atoms with E-state index in [0.717, 1.165) is 28.4 Å². The molecule has 2 heterocycles. The third-order valence-electron chi connectivity index (χ3n) is 3.04. The second kappa shape index (κ2) is 5.48. The van der Waals surface area contributed by atoms with E-state index in [-0.39, 0.29) is 0 Å². The fourth-order valence-electron chi connectivity index (χ4n) is 2.05. The van der Waals surface area contributed by atoms with Gasteiger partial charge >= 0.3 is 0 Å². The number of hydrogen-bond donors (Lipinski definition) is 1. The van der Waals surface area contributed by atoms with E-state index in [2.05, 4.69) is 15.4 Å². The summed E-state index contributed by atoms with van der Waals surface area (Å²) < 4.78 is 7.08. The van der Waals surface area contributed by atoms with Crippen molar-refractivity contribution in [2.24, 2.45) is 7.05 Å². The summed E-state index contributed by atoms with van der Waals surface area (Å²) in [5.41, 5.74) is 3.85. The van der Waals surface area contributed by atoms with E-state index in [0.29, 0.717) is 11.7 Å². The lowest BCUT2D eigenvalue weighted by atomic mass is 10.2. The predicted molar refractivity (Wildman–Crippen MR) is 75.8 cm³/mol. The van der Waals surface area contributed by atoms with Gasteiger partial charge < -0.3 is 10.1 Å². The largest absolute Gasteiger partial charge is 0.481 e. The molecule has 0 unspecified atom stereocenters.